The highest BCUT2D eigenvalue weighted by atomic mass is 32.1. The molecule has 1 aromatic heterocycles. The summed E-state index contributed by atoms with van der Waals surface area (Å²) in [6, 6.07) is 11.0. The smallest absolute Gasteiger partial charge is 0.0598 e. The van der Waals surface area contributed by atoms with Crippen LogP contribution in [0.4, 0.5) is 0 Å². The van der Waals surface area contributed by atoms with Crippen LogP contribution >= 0.6 is 11.3 Å². The molecule has 0 fully saturated rings. The van der Waals surface area contributed by atoms with Gasteiger partial charge in [0.25, 0.3) is 0 Å². The third-order valence-electron chi connectivity index (χ3n) is 2.41. The van der Waals surface area contributed by atoms with E-state index in [2.05, 4.69) is 49.2 Å². The summed E-state index contributed by atoms with van der Waals surface area (Å²) in [5.74, 6) is 0. The lowest BCUT2D eigenvalue weighted by Gasteiger charge is -2.10. The minimum Gasteiger partial charge on any atom is -0.306 e. The molecule has 0 aliphatic heterocycles. The second-order valence-electron chi connectivity index (χ2n) is 3.46. The van der Waals surface area contributed by atoms with Gasteiger partial charge in [-0.05, 0) is 24.1 Å². The number of hydrogen-bond acceptors (Lipinski definition) is 2. The lowest BCUT2D eigenvalue weighted by atomic mass is 10.2. The maximum atomic E-state index is 3.87. The normalized spacial score (nSPS) is 12.9. The predicted molar refractivity (Wildman–Crippen MR) is 68.4 cm³/mol. The van der Waals surface area contributed by atoms with E-state index in [4.69, 9.17) is 0 Å². The molecule has 1 N–H and O–H groups in total. The fraction of sp³-hybridized carbons (Fsp3) is 0.231. The van der Waals surface area contributed by atoms with Crippen LogP contribution in [0.3, 0.4) is 0 Å². The maximum absolute atomic E-state index is 3.87. The highest BCUT2D eigenvalue weighted by molar-refractivity contribution is 7.19. The Kier molecular flexibility index (Phi) is 3.19. The summed E-state index contributed by atoms with van der Waals surface area (Å²) in [4.78, 5) is 1.34. The van der Waals surface area contributed by atoms with Crippen LogP contribution in [-0.4, -0.2) is 6.54 Å². The Hall–Kier alpha value is -1.12. The zero-order chi connectivity index (χ0) is 10.7. The van der Waals surface area contributed by atoms with Crippen molar-refractivity contribution in [1.82, 2.24) is 5.32 Å². The monoisotopic (exact) mass is 217 g/mol. The number of thiophene rings is 1. The highest BCUT2D eigenvalue weighted by Crippen LogP contribution is 2.30. The third-order valence-corrected chi connectivity index (χ3v) is 3.61. The van der Waals surface area contributed by atoms with Crippen molar-refractivity contribution in [2.45, 2.75) is 13.0 Å². The largest absolute Gasteiger partial charge is 0.306 e. The Balaban J connectivity index is 2.38. The molecule has 1 nitrogen and oxygen atoms in total. The van der Waals surface area contributed by atoms with Gasteiger partial charge in [-0.25, -0.2) is 0 Å². The second-order valence-corrected chi connectivity index (χ2v) is 4.57. The van der Waals surface area contributed by atoms with Crippen molar-refractivity contribution in [2.75, 3.05) is 6.54 Å². The van der Waals surface area contributed by atoms with Gasteiger partial charge in [0.05, 0.1) is 6.04 Å². The topological polar surface area (TPSA) is 12.0 Å². The predicted octanol–water partition coefficient (Wildman–Crippen LogP) is 3.74. The van der Waals surface area contributed by atoms with Crippen LogP contribution in [0, 0.1) is 0 Å². The van der Waals surface area contributed by atoms with Crippen molar-refractivity contribution in [3.63, 3.8) is 0 Å². The molecule has 0 aliphatic carbocycles. The molecule has 2 rings (SSSR count). The highest BCUT2D eigenvalue weighted by Gasteiger charge is 2.09. The van der Waals surface area contributed by atoms with Gasteiger partial charge >= 0.3 is 0 Å². The molecule has 0 aliphatic rings. The molecule has 0 radical (unpaired) electrons. The van der Waals surface area contributed by atoms with Gasteiger partial charge in [-0.2, -0.15) is 0 Å². The molecule has 2 aromatic rings. The van der Waals surface area contributed by atoms with E-state index in [0.717, 1.165) is 6.54 Å². The van der Waals surface area contributed by atoms with Crippen LogP contribution in [0.2, 0.25) is 0 Å². The zero-order valence-electron chi connectivity index (χ0n) is 8.86. The first-order valence-electron chi connectivity index (χ1n) is 5.19. The molecule has 0 amide bonds. The van der Waals surface area contributed by atoms with Gasteiger partial charge in [0, 0.05) is 9.58 Å². The van der Waals surface area contributed by atoms with Crippen LogP contribution in [0.1, 0.15) is 17.8 Å². The number of benzene rings is 1. The number of likely N-dealkylation sites (N-methyl/N-ethyl adjacent to an activating group) is 1. The molecule has 2 heteroatoms. The number of rotatable bonds is 4. The zero-order valence-corrected chi connectivity index (χ0v) is 9.68. The second kappa shape index (κ2) is 4.60. The molecule has 1 unspecified atom stereocenters. The molecular weight excluding hydrogens is 202 g/mol. The summed E-state index contributed by atoms with van der Waals surface area (Å²) in [7, 11) is 0. The third kappa shape index (κ3) is 2.11. The number of fused-ring (bicyclic) bond motifs is 1. The number of hydrogen-bond donors (Lipinski definition) is 1. The van der Waals surface area contributed by atoms with Gasteiger partial charge in [-0.15, -0.1) is 17.9 Å². The first-order chi connectivity index (χ1) is 7.35. The van der Waals surface area contributed by atoms with E-state index in [1.54, 1.807) is 0 Å². The van der Waals surface area contributed by atoms with E-state index < -0.39 is 0 Å². The average Bonchev–Trinajstić information content (AvgIpc) is 2.69. The Morgan fingerprint density at radius 2 is 2.27 bits per heavy atom. The minimum absolute atomic E-state index is 0.285. The summed E-state index contributed by atoms with van der Waals surface area (Å²) in [5.41, 5.74) is 0. The summed E-state index contributed by atoms with van der Waals surface area (Å²) in [5, 5.41) is 4.72. The van der Waals surface area contributed by atoms with Crippen molar-refractivity contribution in [3.8, 4) is 0 Å². The lowest BCUT2D eigenvalue weighted by molar-refractivity contribution is 0.658. The van der Waals surface area contributed by atoms with E-state index in [1.807, 2.05) is 17.4 Å². The summed E-state index contributed by atoms with van der Waals surface area (Å²) in [6.45, 7) is 6.95. The maximum Gasteiger partial charge on any atom is 0.0598 e. The molecule has 1 heterocycles. The van der Waals surface area contributed by atoms with Gasteiger partial charge in [0.15, 0.2) is 0 Å². The minimum atomic E-state index is 0.285. The molecule has 15 heavy (non-hydrogen) atoms. The van der Waals surface area contributed by atoms with E-state index in [-0.39, 0.29) is 6.04 Å². The van der Waals surface area contributed by atoms with Crippen molar-refractivity contribution in [2.24, 2.45) is 0 Å². The summed E-state index contributed by atoms with van der Waals surface area (Å²) >= 11 is 1.84. The fourth-order valence-corrected chi connectivity index (χ4v) is 2.81. The van der Waals surface area contributed by atoms with E-state index >= 15 is 0 Å². The van der Waals surface area contributed by atoms with Gasteiger partial charge in [0.1, 0.15) is 0 Å². The SMILES string of the molecule is C=CC(NCC)c1cc2ccccc2s1. The lowest BCUT2D eigenvalue weighted by Crippen LogP contribution is -2.17. The first-order valence-corrected chi connectivity index (χ1v) is 6.01. The molecule has 1 atom stereocenters. The van der Waals surface area contributed by atoms with Crippen LogP contribution in [0.5, 0.6) is 0 Å². The van der Waals surface area contributed by atoms with Crippen LogP contribution in [0.15, 0.2) is 43.0 Å². The van der Waals surface area contributed by atoms with Gasteiger partial charge < -0.3 is 5.32 Å². The Morgan fingerprint density at radius 3 is 2.93 bits per heavy atom. The Morgan fingerprint density at radius 1 is 1.47 bits per heavy atom. The average molecular weight is 217 g/mol. The van der Waals surface area contributed by atoms with E-state index in [0.29, 0.717) is 0 Å². The standard InChI is InChI=1S/C13H15NS/c1-3-11(14-4-2)13-9-10-7-5-6-8-12(10)15-13/h3,5-9,11,14H,1,4H2,2H3. The number of nitrogens with one attached hydrogen (secondary N) is 1. The molecule has 0 saturated heterocycles. The van der Waals surface area contributed by atoms with Crippen LogP contribution < -0.4 is 5.32 Å². The molecule has 0 spiro atoms. The van der Waals surface area contributed by atoms with Gasteiger partial charge in [-0.1, -0.05) is 31.2 Å². The van der Waals surface area contributed by atoms with Gasteiger partial charge in [-0.3, -0.25) is 0 Å². The van der Waals surface area contributed by atoms with Crippen LogP contribution in [0.25, 0.3) is 10.1 Å². The Labute approximate surface area is 94.4 Å². The molecular formula is C13H15NS. The molecule has 1 aromatic carbocycles. The van der Waals surface area contributed by atoms with E-state index in [1.165, 1.54) is 15.0 Å². The Bertz CT molecular complexity index is 425. The van der Waals surface area contributed by atoms with Crippen molar-refractivity contribution >= 4 is 21.4 Å². The molecule has 0 saturated carbocycles. The van der Waals surface area contributed by atoms with Crippen molar-refractivity contribution in [3.05, 3.63) is 47.9 Å². The summed E-state index contributed by atoms with van der Waals surface area (Å²) < 4.78 is 1.34. The molecule has 78 valence electrons. The first kappa shape index (κ1) is 10.4. The fourth-order valence-electron chi connectivity index (χ4n) is 1.68. The van der Waals surface area contributed by atoms with Crippen molar-refractivity contribution in [1.29, 1.82) is 0 Å². The summed E-state index contributed by atoms with van der Waals surface area (Å²) in [6.07, 6.45) is 1.97. The van der Waals surface area contributed by atoms with Crippen LogP contribution in [-0.2, 0) is 0 Å². The van der Waals surface area contributed by atoms with Gasteiger partial charge in [0.2, 0.25) is 0 Å². The van der Waals surface area contributed by atoms with E-state index in [9.17, 15) is 0 Å². The molecule has 0 bridgehead atoms. The van der Waals surface area contributed by atoms with Crippen molar-refractivity contribution < 1.29 is 0 Å². The quantitative estimate of drug-likeness (QED) is 0.769.